The van der Waals surface area contributed by atoms with Gasteiger partial charge < -0.3 is 5.32 Å². The number of urea groups is 1. The second kappa shape index (κ2) is 9.15. The molecule has 2 aromatic carbocycles. The van der Waals surface area contributed by atoms with Crippen LogP contribution in [0.1, 0.15) is 42.8 Å². The number of thiazole rings is 1. The Hall–Kier alpha value is -3.30. The standard InChI is InChI=1S/C25H27N5O3S/c1-25(14-13-17-8-3-2-4-9-17)23(32)30(24(33)27-25)28-21(31)16-29-15-7-11-19(29)22-26-18-10-5-6-12-20(18)34-22/h2-6,8-10,12,19H,7,11,13-16H2,1H3,(H,27,33)(H,28,31). The fourth-order valence-corrected chi connectivity index (χ4v) is 5.80. The van der Waals surface area contributed by atoms with Gasteiger partial charge in [-0.3, -0.25) is 19.9 Å². The molecular weight excluding hydrogens is 450 g/mol. The van der Waals surface area contributed by atoms with Gasteiger partial charge in [0.05, 0.1) is 22.8 Å². The Bertz CT molecular complexity index is 1200. The van der Waals surface area contributed by atoms with Crippen molar-refractivity contribution in [2.24, 2.45) is 0 Å². The molecule has 0 radical (unpaired) electrons. The van der Waals surface area contributed by atoms with Crippen LogP contribution in [-0.4, -0.2) is 51.4 Å². The molecule has 176 valence electrons. The van der Waals surface area contributed by atoms with Crippen LogP contribution in [-0.2, 0) is 16.0 Å². The number of rotatable bonds is 7. The van der Waals surface area contributed by atoms with Gasteiger partial charge in [-0.2, -0.15) is 5.01 Å². The smallest absolute Gasteiger partial charge is 0.322 e. The molecule has 34 heavy (non-hydrogen) atoms. The molecule has 0 spiro atoms. The predicted molar refractivity (Wildman–Crippen MR) is 130 cm³/mol. The quantitative estimate of drug-likeness (QED) is 0.509. The second-order valence-electron chi connectivity index (χ2n) is 9.07. The highest BCUT2D eigenvalue weighted by Gasteiger charge is 2.48. The minimum atomic E-state index is -1.06. The van der Waals surface area contributed by atoms with Crippen molar-refractivity contribution in [1.82, 2.24) is 25.6 Å². The molecule has 2 aliphatic rings. The average Bonchev–Trinajstić information content (AvgIpc) is 3.52. The van der Waals surface area contributed by atoms with Crippen LogP contribution in [0.4, 0.5) is 4.79 Å². The Kier molecular flexibility index (Phi) is 6.05. The molecule has 1 aromatic heterocycles. The molecule has 0 aliphatic carbocycles. The molecular formula is C25H27N5O3S. The van der Waals surface area contributed by atoms with E-state index in [1.807, 2.05) is 48.5 Å². The Balaban J connectivity index is 1.21. The van der Waals surface area contributed by atoms with E-state index in [0.717, 1.165) is 45.2 Å². The van der Waals surface area contributed by atoms with Crippen LogP contribution in [0.3, 0.4) is 0 Å². The molecule has 0 saturated carbocycles. The van der Waals surface area contributed by atoms with Crippen molar-refractivity contribution < 1.29 is 14.4 Å². The van der Waals surface area contributed by atoms with Crippen molar-refractivity contribution in [3.05, 3.63) is 65.2 Å². The Morgan fingerprint density at radius 2 is 1.94 bits per heavy atom. The van der Waals surface area contributed by atoms with Crippen LogP contribution >= 0.6 is 11.3 Å². The number of hydrogen-bond acceptors (Lipinski definition) is 6. The maximum absolute atomic E-state index is 13.0. The van der Waals surface area contributed by atoms with E-state index in [1.165, 1.54) is 0 Å². The lowest BCUT2D eigenvalue weighted by Gasteiger charge is -2.24. The third-order valence-corrected chi connectivity index (χ3v) is 7.70. The van der Waals surface area contributed by atoms with Crippen LogP contribution in [0, 0.1) is 0 Å². The zero-order valence-corrected chi connectivity index (χ0v) is 19.8. The van der Waals surface area contributed by atoms with Gasteiger partial charge in [0, 0.05) is 0 Å². The van der Waals surface area contributed by atoms with Gasteiger partial charge >= 0.3 is 6.03 Å². The largest absolute Gasteiger partial charge is 0.344 e. The van der Waals surface area contributed by atoms with Crippen LogP contribution in [0.2, 0.25) is 0 Å². The number of carbonyl (C=O) groups is 3. The number of likely N-dealkylation sites (tertiary alicyclic amines) is 1. The average molecular weight is 478 g/mol. The molecule has 2 aliphatic heterocycles. The van der Waals surface area contributed by atoms with Crippen molar-refractivity contribution in [2.45, 2.75) is 44.2 Å². The molecule has 3 heterocycles. The third-order valence-electron chi connectivity index (χ3n) is 6.56. The fraction of sp³-hybridized carbons (Fsp3) is 0.360. The monoisotopic (exact) mass is 477 g/mol. The zero-order valence-electron chi connectivity index (χ0n) is 19.0. The van der Waals surface area contributed by atoms with Crippen molar-refractivity contribution in [3.8, 4) is 0 Å². The number of fused-ring (bicyclic) bond motifs is 1. The molecule has 0 bridgehead atoms. The topological polar surface area (TPSA) is 94.6 Å². The molecule has 2 atom stereocenters. The summed E-state index contributed by atoms with van der Waals surface area (Å²) in [6.07, 6.45) is 2.98. The first-order chi connectivity index (χ1) is 16.4. The van der Waals surface area contributed by atoms with Gasteiger partial charge in [0.2, 0.25) is 0 Å². The lowest BCUT2D eigenvalue weighted by atomic mass is 9.93. The summed E-state index contributed by atoms with van der Waals surface area (Å²) in [6.45, 7) is 2.56. The number of nitrogens with one attached hydrogen (secondary N) is 2. The first kappa shape index (κ1) is 22.5. The van der Waals surface area contributed by atoms with Gasteiger partial charge in [-0.25, -0.2) is 9.78 Å². The molecule has 2 unspecified atom stereocenters. The molecule has 5 rings (SSSR count). The minimum absolute atomic E-state index is 0.0578. The number of imide groups is 1. The van der Waals surface area contributed by atoms with Crippen molar-refractivity contribution in [3.63, 3.8) is 0 Å². The van der Waals surface area contributed by atoms with Crippen molar-refractivity contribution in [1.29, 1.82) is 0 Å². The van der Waals surface area contributed by atoms with Crippen molar-refractivity contribution >= 4 is 39.4 Å². The second-order valence-corrected chi connectivity index (χ2v) is 10.1. The third kappa shape index (κ3) is 4.41. The molecule has 8 nitrogen and oxygen atoms in total. The number of amides is 4. The van der Waals surface area contributed by atoms with Crippen LogP contribution < -0.4 is 10.7 Å². The number of carbonyl (C=O) groups excluding carboxylic acids is 3. The summed E-state index contributed by atoms with van der Waals surface area (Å²) in [4.78, 5) is 45.2. The summed E-state index contributed by atoms with van der Waals surface area (Å²) >= 11 is 1.65. The SMILES string of the molecule is CC1(CCc2ccccc2)NC(=O)N(NC(=O)CN2CCCC2c2nc3ccccc3s2)C1=O. The van der Waals surface area contributed by atoms with E-state index in [-0.39, 0.29) is 18.5 Å². The van der Waals surface area contributed by atoms with Gasteiger partial charge in [0.15, 0.2) is 0 Å². The summed E-state index contributed by atoms with van der Waals surface area (Å²) in [5.74, 6) is -0.824. The highest BCUT2D eigenvalue weighted by molar-refractivity contribution is 7.18. The number of benzene rings is 2. The molecule has 2 saturated heterocycles. The lowest BCUT2D eigenvalue weighted by Crippen LogP contribution is -2.51. The highest BCUT2D eigenvalue weighted by atomic mass is 32.1. The first-order valence-electron chi connectivity index (χ1n) is 11.5. The lowest BCUT2D eigenvalue weighted by molar-refractivity contribution is -0.139. The summed E-state index contributed by atoms with van der Waals surface area (Å²) in [5, 5.41) is 4.57. The van der Waals surface area contributed by atoms with E-state index in [1.54, 1.807) is 18.3 Å². The predicted octanol–water partition coefficient (Wildman–Crippen LogP) is 3.41. The number of aryl methyl sites for hydroxylation is 1. The van der Waals surface area contributed by atoms with Gasteiger partial charge in [0.1, 0.15) is 10.5 Å². The number of para-hydroxylation sites is 1. The molecule has 2 fully saturated rings. The van der Waals surface area contributed by atoms with Crippen LogP contribution in [0.15, 0.2) is 54.6 Å². The summed E-state index contributed by atoms with van der Waals surface area (Å²) in [5.41, 5.74) is 3.53. The van der Waals surface area contributed by atoms with E-state index in [2.05, 4.69) is 21.7 Å². The van der Waals surface area contributed by atoms with E-state index in [4.69, 9.17) is 4.98 Å². The molecule has 9 heteroatoms. The highest BCUT2D eigenvalue weighted by Crippen LogP contribution is 2.36. The zero-order chi connectivity index (χ0) is 23.7. The van der Waals surface area contributed by atoms with Crippen molar-refractivity contribution in [2.75, 3.05) is 13.1 Å². The molecule has 3 aromatic rings. The Labute approximate surface area is 201 Å². The van der Waals surface area contributed by atoms with Crippen LogP contribution in [0.25, 0.3) is 10.2 Å². The number of nitrogens with zero attached hydrogens (tertiary/aromatic N) is 3. The van der Waals surface area contributed by atoms with Gasteiger partial charge in [-0.05, 0) is 56.8 Å². The fourth-order valence-electron chi connectivity index (χ4n) is 4.67. The van der Waals surface area contributed by atoms with Gasteiger partial charge in [-0.15, -0.1) is 11.3 Å². The Morgan fingerprint density at radius 1 is 1.18 bits per heavy atom. The van der Waals surface area contributed by atoms with E-state index >= 15 is 0 Å². The number of hydrazine groups is 1. The van der Waals surface area contributed by atoms with E-state index in [0.29, 0.717) is 12.8 Å². The summed E-state index contributed by atoms with van der Waals surface area (Å²) in [7, 11) is 0. The van der Waals surface area contributed by atoms with Crippen LogP contribution in [0.5, 0.6) is 0 Å². The Morgan fingerprint density at radius 3 is 2.74 bits per heavy atom. The van der Waals surface area contributed by atoms with Gasteiger partial charge in [0.25, 0.3) is 11.8 Å². The maximum atomic E-state index is 13.0. The maximum Gasteiger partial charge on any atom is 0.344 e. The summed E-state index contributed by atoms with van der Waals surface area (Å²) in [6, 6.07) is 17.3. The number of hydrogen-bond donors (Lipinski definition) is 2. The summed E-state index contributed by atoms with van der Waals surface area (Å²) < 4.78 is 1.13. The van der Waals surface area contributed by atoms with E-state index in [9.17, 15) is 14.4 Å². The minimum Gasteiger partial charge on any atom is -0.322 e. The number of aromatic nitrogens is 1. The molecule has 4 amide bonds. The molecule has 2 N–H and O–H groups in total. The van der Waals surface area contributed by atoms with Gasteiger partial charge in [-0.1, -0.05) is 42.5 Å². The normalized spacial score (nSPS) is 23.0. The van der Waals surface area contributed by atoms with E-state index < -0.39 is 17.5 Å². The first-order valence-corrected chi connectivity index (χ1v) is 12.3.